The monoisotopic (exact) mass is 267 g/mol. The number of imide groups is 1. The summed E-state index contributed by atoms with van der Waals surface area (Å²) in [5.41, 5.74) is 0.247. The van der Waals surface area contributed by atoms with Gasteiger partial charge in [-0.3, -0.25) is 9.59 Å². The number of aromatic carboxylic acids is 1. The second-order valence-corrected chi connectivity index (χ2v) is 4.55. The van der Waals surface area contributed by atoms with Crippen LogP contribution in [0, 0.1) is 5.92 Å². The minimum Gasteiger partial charge on any atom is -0.478 e. The zero-order valence-electron chi connectivity index (χ0n) is 9.51. The molecule has 0 saturated carbocycles. The Balaban J connectivity index is 2.43. The number of halogens is 1. The van der Waals surface area contributed by atoms with Crippen LogP contribution in [0.3, 0.4) is 0 Å². The van der Waals surface area contributed by atoms with Crippen LogP contribution < -0.4 is 4.90 Å². The fraction of sp³-hybridized carbons (Fsp3) is 0.250. The normalized spacial score (nSPS) is 19.4. The molecule has 0 spiro atoms. The van der Waals surface area contributed by atoms with Gasteiger partial charge >= 0.3 is 5.97 Å². The topological polar surface area (TPSA) is 74.7 Å². The molecule has 2 amide bonds. The van der Waals surface area contributed by atoms with Gasteiger partial charge in [-0.25, -0.2) is 9.69 Å². The lowest BCUT2D eigenvalue weighted by atomic mass is 10.1. The Hall–Kier alpha value is -1.88. The van der Waals surface area contributed by atoms with Crippen molar-refractivity contribution in [3.8, 4) is 0 Å². The van der Waals surface area contributed by atoms with Gasteiger partial charge in [-0.05, 0) is 18.2 Å². The summed E-state index contributed by atoms with van der Waals surface area (Å²) in [5.74, 6) is -2.12. The number of carbonyl (C=O) groups is 3. The Bertz CT molecular complexity index is 555. The first-order chi connectivity index (χ1) is 8.41. The van der Waals surface area contributed by atoms with Crippen molar-refractivity contribution in [3.05, 3.63) is 28.8 Å². The van der Waals surface area contributed by atoms with E-state index in [-0.39, 0.29) is 40.4 Å². The summed E-state index contributed by atoms with van der Waals surface area (Å²) < 4.78 is 0. The van der Waals surface area contributed by atoms with Gasteiger partial charge in [0.2, 0.25) is 11.8 Å². The van der Waals surface area contributed by atoms with Gasteiger partial charge in [0, 0.05) is 12.3 Å². The summed E-state index contributed by atoms with van der Waals surface area (Å²) in [6.07, 6.45) is 0.149. The number of benzene rings is 1. The highest BCUT2D eigenvalue weighted by molar-refractivity contribution is 6.36. The molecule has 0 radical (unpaired) electrons. The number of hydrogen-bond acceptors (Lipinski definition) is 3. The highest BCUT2D eigenvalue weighted by Gasteiger charge is 2.37. The van der Waals surface area contributed by atoms with Crippen molar-refractivity contribution in [3.63, 3.8) is 0 Å². The quantitative estimate of drug-likeness (QED) is 0.831. The molecule has 6 heteroatoms. The lowest BCUT2D eigenvalue weighted by molar-refractivity contribution is -0.122. The zero-order chi connectivity index (χ0) is 13.4. The van der Waals surface area contributed by atoms with Crippen molar-refractivity contribution >= 4 is 35.1 Å². The zero-order valence-corrected chi connectivity index (χ0v) is 10.3. The standard InChI is InChI=1S/C12H10ClNO4/c1-6-4-10(15)14(11(6)16)9-3-2-7(12(17)18)5-8(9)13/h2-3,5-6H,4H2,1H3,(H,17,18). The summed E-state index contributed by atoms with van der Waals surface area (Å²) in [5, 5.41) is 8.88. The molecule has 1 aromatic carbocycles. The van der Waals surface area contributed by atoms with Crippen molar-refractivity contribution in [2.45, 2.75) is 13.3 Å². The molecule has 1 aliphatic heterocycles. The second kappa shape index (κ2) is 4.42. The minimum atomic E-state index is -1.11. The van der Waals surface area contributed by atoms with Crippen LogP contribution in [-0.4, -0.2) is 22.9 Å². The third kappa shape index (κ3) is 1.97. The van der Waals surface area contributed by atoms with E-state index in [2.05, 4.69) is 0 Å². The van der Waals surface area contributed by atoms with Gasteiger partial charge in [-0.1, -0.05) is 18.5 Å². The van der Waals surface area contributed by atoms with E-state index in [1.54, 1.807) is 6.92 Å². The van der Waals surface area contributed by atoms with Crippen LogP contribution in [-0.2, 0) is 9.59 Å². The van der Waals surface area contributed by atoms with Crippen LogP contribution >= 0.6 is 11.6 Å². The summed E-state index contributed by atoms with van der Waals surface area (Å²) >= 11 is 5.92. The van der Waals surface area contributed by atoms with Gasteiger partial charge in [0.05, 0.1) is 16.3 Å². The van der Waals surface area contributed by atoms with Crippen LogP contribution in [0.15, 0.2) is 18.2 Å². The number of carboxylic acid groups (broad SMARTS) is 1. The summed E-state index contributed by atoms with van der Waals surface area (Å²) in [7, 11) is 0. The Morgan fingerprint density at radius 1 is 1.44 bits per heavy atom. The third-order valence-electron chi connectivity index (χ3n) is 2.81. The summed E-state index contributed by atoms with van der Waals surface area (Å²) in [4.78, 5) is 35.3. The molecule has 0 bridgehead atoms. The number of nitrogens with zero attached hydrogens (tertiary/aromatic N) is 1. The second-order valence-electron chi connectivity index (χ2n) is 4.14. The van der Waals surface area contributed by atoms with Crippen LogP contribution in [0.25, 0.3) is 0 Å². The maximum absolute atomic E-state index is 11.8. The lowest BCUT2D eigenvalue weighted by Crippen LogP contribution is -2.30. The molecule has 1 aromatic rings. The Kier molecular flexibility index (Phi) is 3.09. The first-order valence-electron chi connectivity index (χ1n) is 5.31. The number of amides is 2. The predicted octanol–water partition coefficient (Wildman–Crippen LogP) is 1.94. The molecule has 0 aliphatic carbocycles. The molecule has 1 saturated heterocycles. The average molecular weight is 268 g/mol. The van der Waals surface area contributed by atoms with Gasteiger partial charge in [0.25, 0.3) is 0 Å². The van der Waals surface area contributed by atoms with Crippen molar-refractivity contribution in [1.29, 1.82) is 0 Å². The summed E-state index contributed by atoms with van der Waals surface area (Å²) in [6, 6.07) is 3.91. The van der Waals surface area contributed by atoms with Crippen LogP contribution in [0.4, 0.5) is 5.69 Å². The fourth-order valence-electron chi connectivity index (χ4n) is 1.86. The number of carbonyl (C=O) groups excluding carboxylic acids is 2. The minimum absolute atomic E-state index is 0.0101. The van der Waals surface area contributed by atoms with E-state index < -0.39 is 5.97 Å². The number of carboxylic acids is 1. The molecule has 1 heterocycles. The van der Waals surface area contributed by atoms with E-state index in [1.165, 1.54) is 18.2 Å². The van der Waals surface area contributed by atoms with Crippen LogP contribution in [0.5, 0.6) is 0 Å². The highest BCUT2D eigenvalue weighted by atomic mass is 35.5. The van der Waals surface area contributed by atoms with Gasteiger partial charge in [-0.15, -0.1) is 0 Å². The lowest BCUT2D eigenvalue weighted by Gasteiger charge is -2.16. The van der Waals surface area contributed by atoms with E-state index >= 15 is 0 Å². The maximum Gasteiger partial charge on any atom is 0.335 e. The van der Waals surface area contributed by atoms with Crippen LogP contribution in [0.1, 0.15) is 23.7 Å². The highest BCUT2D eigenvalue weighted by Crippen LogP contribution is 2.32. The molecule has 1 N–H and O–H groups in total. The SMILES string of the molecule is CC1CC(=O)N(c2ccc(C(=O)O)cc2Cl)C1=O. The van der Waals surface area contributed by atoms with Gasteiger partial charge in [0.15, 0.2) is 0 Å². The molecule has 0 aromatic heterocycles. The first-order valence-corrected chi connectivity index (χ1v) is 5.69. The average Bonchev–Trinajstić information content (AvgIpc) is 2.54. The predicted molar refractivity (Wildman–Crippen MR) is 64.7 cm³/mol. The molecule has 18 heavy (non-hydrogen) atoms. The first kappa shape index (κ1) is 12.6. The molecule has 1 aliphatic rings. The Morgan fingerprint density at radius 2 is 2.11 bits per heavy atom. The fourth-order valence-corrected chi connectivity index (χ4v) is 2.12. The molecule has 94 valence electrons. The molecular formula is C12H10ClNO4. The maximum atomic E-state index is 11.8. The molecular weight excluding hydrogens is 258 g/mol. The van der Waals surface area contributed by atoms with Crippen LogP contribution in [0.2, 0.25) is 5.02 Å². The van der Waals surface area contributed by atoms with Crippen molar-refractivity contribution in [1.82, 2.24) is 0 Å². The molecule has 1 atom stereocenters. The Labute approximate surface area is 108 Å². The Morgan fingerprint density at radius 3 is 2.56 bits per heavy atom. The molecule has 5 nitrogen and oxygen atoms in total. The number of rotatable bonds is 2. The van der Waals surface area contributed by atoms with Gasteiger partial charge in [0.1, 0.15) is 0 Å². The van der Waals surface area contributed by atoms with E-state index in [0.717, 1.165) is 4.90 Å². The molecule has 2 rings (SSSR count). The van der Waals surface area contributed by atoms with Crippen molar-refractivity contribution < 1.29 is 19.5 Å². The smallest absolute Gasteiger partial charge is 0.335 e. The molecule has 1 fully saturated rings. The number of anilines is 1. The van der Waals surface area contributed by atoms with Gasteiger partial charge in [-0.2, -0.15) is 0 Å². The van der Waals surface area contributed by atoms with E-state index in [4.69, 9.17) is 16.7 Å². The largest absolute Gasteiger partial charge is 0.478 e. The van der Waals surface area contributed by atoms with Crippen molar-refractivity contribution in [2.24, 2.45) is 5.92 Å². The third-order valence-corrected chi connectivity index (χ3v) is 3.11. The number of hydrogen-bond donors (Lipinski definition) is 1. The summed E-state index contributed by atoms with van der Waals surface area (Å²) in [6.45, 7) is 1.67. The van der Waals surface area contributed by atoms with E-state index in [9.17, 15) is 14.4 Å². The van der Waals surface area contributed by atoms with E-state index in [0.29, 0.717) is 0 Å². The van der Waals surface area contributed by atoms with Gasteiger partial charge < -0.3 is 5.11 Å². The van der Waals surface area contributed by atoms with E-state index in [1.807, 2.05) is 0 Å². The molecule has 1 unspecified atom stereocenters. The van der Waals surface area contributed by atoms with Crippen molar-refractivity contribution in [2.75, 3.05) is 4.90 Å².